The van der Waals surface area contributed by atoms with E-state index in [2.05, 4.69) is 45.7 Å². The Morgan fingerprint density at radius 3 is 2.68 bits per heavy atom. The predicted molar refractivity (Wildman–Crippen MR) is 80.7 cm³/mol. The maximum absolute atomic E-state index is 9.51. The lowest BCUT2D eigenvalue weighted by Crippen LogP contribution is -2.27. The van der Waals surface area contributed by atoms with Crippen molar-refractivity contribution in [1.29, 1.82) is 5.26 Å². The molecule has 2 rings (SSSR count). The first-order valence-electron chi connectivity index (χ1n) is 6.39. The van der Waals surface area contributed by atoms with Gasteiger partial charge in [-0.2, -0.15) is 5.26 Å². The number of hydrogen-bond donors (Lipinski definition) is 0. The van der Waals surface area contributed by atoms with Crippen LogP contribution in [0.2, 0.25) is 0 Å². The van der Waals surface area contributed by atoms with Gasteiger partial charge in [0.1, 0.15) is 6.04 Å². The molecule has 4 heteroatoms. The minimum absolute atomic E-state index is 0.250. The zero-order valence-electron chi connectivity index (χ0n) is 11.1. The molecule has 1 aromatic carbocycles. The standard InChI is InChI=1S/C15H16BrN3/c1-3-19(4-2)14(10-17)12-7-8-13(16)11-6-5-9-18-15(11)12/h5-9,14H,3-4H2,1-2H3. The van der Waals surface area contributed by atoms with E-state index >= 15 is 0 Å². The van der Waals surface area contributed by atoms with Crippen LogP contribution >= 0.6 is 15.9 Å². The van der Waals surface area contributed by atoms with Crippen molar-refractivity contribution in [2.45, 2.75) is 19.9 Å². The first kappa shape index (κ1) is 14.0. The lowest BCUT2D eigenvalue weighted by atomic mass is 10.0. The highest BCUT2D eigenvalue weighted by molar-refractivity contribution is 9.10. The number of nitriles is 1. The maximum Gasteiger partial charge on any atom is 0.125 e. The molecule has 19 heavy (non-hydrogen) atoms. The minimum atomic E-state index is -0.250. The van der Waals surface area contributed by atoms with Crippen LogP contribution in [0.4, 0.5) is 0 Å². The number of rotatable bonds is 4. The predicted octanol–water partition coefficient (Wildman–Crippen LogP) is 3.90. The van der Waals surface area contributed by atoms with E-state index in [1.165, 1.54) is 0 Å². The van der Waals surface area contributed by atoms with Crippen molar-refractivity contribution in [2.75, 3.05) is 13.1 Å². The Bertz CT molecular complexity index is 614. The van der Waals surface area contributed by atoms with Gasteiger partial charge in [-0.1, -0.05) is 41.9 Å². The van der Waals surface area contributed by atoms with E-state index in [1.807, 2.05) is 24.3 Å². The molecule has 0 radical (unpaired) electrons. The normalized spacial score (nSPS) is 12.6. The third-order valence-corrected chi connectivity index (χ3v) is 4.03. The van der Waals surface area contributed by atoms with Crippen LogP contribution < -0.4 is 0 Å². The van der Waals surface area contributed by atoms with Gasteiger partial charge in [-0.3, -0.25) is 9.88 Å². The van der Waals surface area contributed by atoms with Gasteiger partial charge in [0.05, 0.1) is 11.6 Å². The van der Waals surface area contributed by atoms with Gasteiger partial charge in [-0.05, 0) is 25.2 Å². The zero-order valence-corrected chi connectivity index (χ0v) is 12.7. The van der Waals surface area contributed by atoms with Crippen LogP contribution in [0.3, 0.4) is 0 Å². The highest BCUT2D eigenvalue weighted by Gasteiger charge is 2.20. The summed E-state index contributed by atoms with van der Waals surface area (Å²) < 4.78 is 1.01. The molecule has 1 atom stereocenters. The van der Waals surface area contributed by atoms with Crippen molar-refractivity contribution in [3.05, 3.63) is 40.5 Å². The molecule has 1 aromatic heterocycles. The summed E-state index contributed by atoms with van der Waals surface area (Å²) in [6.45, 7) is 5.84. The van der Waals surface area contributed by atoms with Crippen molar-refractivity contribution in [3.63, 3.8) is 0 Å². The Hall–Kier alpha value is -1.44. The third-order valence-electron chi connectivity index (χ3n) is 3.34. The number of hydrogen-bond acceptors (Lipinski definition) is 3. The van der Waals surface area contributed by atoms with Crippen molar-refractivity contribution in [2.24, 2.45) is 0 Å². The summed E-state index contributed by atoms with van der Waals surface area (Å²) in [6, 6.07) is 10.1. The van der Waals surface area contributed by atoms with Gasteiger partial charge in [0.2, 0.25) is 0 Å². The Kier molecular flexibility index (Phi) is 4.52. The molecule has 0 N–H and O–H groups in total. The molecular weight excluding hydrogens is 302 g/mol. The SMILES string of the molecule is CCN(CC)C(C#N)c1ccc(Br)c2cccnc12. The first-order chi connectivity index (χ1) is 9.22. The van der Waals surface area contributed by atoms with Crippen molar-refractivity contribution < 1.29 is 0 Å². The van der Waals surface area contributed by atoms with Gasteiger partial charge in [-0.25, -0.2) is 0 Å². The van der Waals surface area contributed by atoms with Crippen LogP contribution in [0.25, 0.3) is 10.9 Å². The second-order valence-electron chi connectivity index (χ2n) is 4.29. The smallest absolute Gasteiger partial charge is 0.125 e. The summed E-state index contributed by atoms with van der Waals surface area (Å²) >= 11 is 3.54. The molecule has 0 aliphatic heterocycles. The number of fused-ring (bicyclic) bond motifs is 1. The number of aromatic nitrogens is 1. The van der Waals surface area contributed by atoms with E-state index < -0.39 is 0 Å². The van der Waals surface area contributed by atoms with Gasteiger partial charge in [0, 0.05) is 21.6 Å². The van der Waals surface area contributed by atoms with Gasteiger partial charge in [-0.15, -0.1) is 0 Å². The molecule has 0 saturated carbocycles. The Labute approximate surface area is 122 Å². The second-order valence-corrected chi connectivity index (χ2v) is 5.14. The van der Waals surface area contributed by atoms with E-state index in [-0.39, 0.29) is 6.04 Å². The van der Waals surface area contributed by atoms with Crippen molar-refractivity contribution >= 4 is 26.8 Å². The molecule has 0 amide bonds. The summed E-state index contributed by atoms with van der Waals surface area (Å²) in [5.41, 5.74) is 1.88. The lowest BCUT2D eigenvalue weighted by molar-refractivity contribution is 0.263. The Morgan fingerprint density at radius 2 is 2.05 bits per heavy atom. The molecular formula is C15H16BrN3. The Morgan fingerprint density at radius 1 is 1.32 bits per heavy atom. The van der Waals surface area contributed by atoms with E-state index in [1.54, 1.807) is 6.20 Å². The molecule has 3 nitrogen and oxygen atoms in total. The average Bonchev–Trinajstić information content (AvgIpc) is 2.46. The first-order valence-corrected chi connectivity index (χ1v) is 7.19. The average molecular weight is 318 g/mol. The molecule has 0 aliphatic rings. The summed E-state index contributed by atoms with van der Waals surface area (Å²) in [4.78, 5) is 6.59. The Balaban J connectivity index is 2.62. The van der Waals surface area contributed by atoms with Crippen molar-refractivity contribution in [3.8, 4) is 6.07 Å². The van der Waals surface area contributed by atoms with E-state index in [0.29, 0.717) is 0 Å². The molecule has 1 unspecified atom stereocenters. The molecule has 98 valence electrons. The molecule has 0 spiro atoms. The highest BCUT2D eigenvalue weighted by Crippen LogP contribution is 2.30. The summed E-state index contributed by atoms with van der Waals surface area (Å²) in [5, 5.41) is 10.6. The van der Waals surface area contributed by atoms with E-state index in [0.717, 1.165) is 34.0 Å². The fourth-order valence-corrected chi connectivity index (χ4v) is 2.77. The van der Waals surface area contributed by atoms with Gasteiger partial charge in [0.15, 0.2) is 0 Å². The second kappa shape index (κ2) is 6.14. The number of nitrogens with zero attached hydrogens (tertiary/aromatic N) is 3. The van der Waals surface area contributed by atoms with Gasteiger partial charge in [0.25, 0.3) is 0 Å². The number of pyridine rings is 1. The van der Waals surface area contributed by atoms with Crippen LogP contribution in [0.1, 0.15) is 25.5 Å². The van der Waals surface area contributed by atoms with Crippen LogP contribution in [0, 0.1) is 11.3 Å². The van der Waals surface area contributed by atoms with Gasteiger partial charge >= 0.3 is 0 Å². The van der Waals surface area contributed by atoms with E-state index in [4.69, 9.17) is 0 Å². The van der Waals surface area contributed by atoms with Crippen LogP contribution in [0.15, 0.2) is 34.9 Å². The quantitative estimate of drug-likeness (QED) is 0.858. The molecule has 1 heterocycles. The molecule has 0 bridgehead atoms. The van der Waals surface area contributed by atoms with Gasteiger partial charge < -0.3 is 0 Å². The topological polar surface area (TPSA) is 39.9 Å². The monoisotopic (exact) mass is 317 g/mol. The molecule has 0 saturated heterocycles. The molecule has 2 aromatic rings. The summed E-state index contributed by atoms with van der Waals surface area (Å²) in [7, 11) is 0. The van der Waals surface area contributed by atoms with Crippen LogP contribution in [0.5, 0.6) is 0 Å². The number of benzene rings is 1. The summed E-state index contributed by atoms with van der Waals surface area (Å²) in [5.74, 6) is 0. The fourth-order valence-electron chi connectivity index (χ4n) is 2.32. The molecule has 0 aliphatic carbocycles. The van der Waals surface area contributed by atoms with Crippen LogP contribution in [-0.2, 0) is 0 Å². The maximum atomic E-state index is 9.51. The summed E-state index contributed by atoms with van der Waals surface area (Å²) in [6.07, 6.45) is 1.77. The number of halogens is 1. The third kappa shape index (κ3) is 2.63. The highest BCUT2D eigenvalue weighted by atomic mass is 79.9. The van der Waals surface area contributed by atoms with Crippen molar-refractivity contribution in [1.82, 2.24) is 9.88 Å². The zero-order chi connectivity index (χ0) is 13.8. The van der Waals surface area contributed by atoms with E-state index in [9.17, 15) is 5.26 Å². The van der Waals surface area contributed by atoms with Crippen LogP contribution in [-0.4, -0.2) is 23.0 Å². The lowest BCUT2D eigenvalue weighted by Gasteiger charge is -2.25. The minimum Gasteiger partial charge on any atom is -0.285 e. The fraction of sp³-hybridized carbons (Fsp3) is 0.333. The largest absolute Gasteiger partial charge is 0.285 e. The molecule has 0 fully saturated rings.